The Morgan fingerprint density at radius 1 is 1.10 bits per heavy atom. The molecule has 0 unspecified atom stereocenters. The van der Waals surface area contributed by atoms with E-state index >= 15 is 0 Å². The molecule has 118 valence electrons. The van der Waals surface area contributed by atoms with Crippen molar-refractivity contribution in [3.05, 3.63) is 22.0 Å². The van der Waals surface area contributed by atoms with Crippen LogP contribution in [0.2, 0.25) is 0 Å². The van der Waals surface area contributed by atoms with Crippen LogP contribution < -0.4 is 0 Å². The number of nitrogens with zero attached hydrogens (tertiary/aromatic N) is 1. The average molecular weight is 315 g/mol. The zero-order valence-corrected chi connectivity index (χ0v) is 10.1. The number of alkyl halides is 7. The second-order valence-corrected chi connectivity index (χ2v) is 4.47. The van der Waals surface area contributed by atoms with Gasteiger partial charge in [0.2, 0.25) is 5.54 Å². The summed E-state index contributed by atoms with van der Waals surface area (Å²) in [6.45, 7) is 1.72. The molecule has 0 saturated heterocycles. The fraction of sp³-hybridized carbons (Fsp3) is 0.778. The van der Waals surface area contributed by atoms with Crippen molar-refractivity contribution in [2.45, 2.75) is 43.8 Å². The molecule has 0 aromatic carbocycles. The van der Waals surface area contributed by atoms with Crippen LogP contribution in [0.1, 0.15) is 20.3 Å². The van der Waals surface area contributed by atoms with Crippen LogP contribution in [0.5, 0.6) is 0 Å². The van der Waals surface area contributed by atoms with Gasteiger partial charge in [-0.25, -0.2) is 4.39 Å². The van der Waals surface area contributed by atoms with Gasteiger partial charge in [0.05, 0.1) is 0 Å². The molecule has 0 aliphatic rings. The van der Waals surface area contributed by atoms with E-state index in [0.29, 0.717) is 0 Å². The molecule has 0 fully saturated rings. The molecule has 0 N–H and O–H groups in total. The number of allylic oxidation sites excluding steroid dienone is 1. The first-order chi connectivity index (χ1) is 8.57. The lowest BCUT2D eigenvalue weighted by atomic mass is 10.00. The van der Waals surface area contributed by atoms with Crippen LogP contribution in [-0.2, 0) is 0 Å². The van der Waals surface area contributed by atoms with Crippen LogP contribution in [-0.4, -0.2) is 28.5 Å². The second kappa shape index (κ2) is 5.17. The molecule has 0 radical (unpaired) electrons. The van der Waals surface area contributed by atoms with Crippen LogP contribution in [0.25, 0.3) is 0 Å². The van der Waals surface area contributed by atoms with Crippen molar-refractivity contribution in [2.24, 2.45) is 0 Å². The SMILES string of the molecule is CC(C)(CC=C(F)C(F)(F)C(F)(F)C(F)(F)F)[N+](=O)[O-]. The lowest BCUT2D eigenvalue weighted by molar-refractivity contribution is -0.559. The van der Waals surface area contributed by atoms with Crippen molar-refractivity contribution in [3.8, 4) is 0 Å². The van der Waals surface area contributed by atoms with Gasteiger partial charge in [0.25, 0.3) is 0 Å². The lowest BCUT2D eigenvalue weighted by Gasteiger charge is -2.27. The Morgan fingerprint density at radius 2 is 1.50 bits per heavy atom. The predicted octanol–water partition coefficient (Wildman–Crippen LogP) is 4.12. The number of hydrogen-bond donors (Lipinski definition) is 0. The Bertz CT molecular complexity index is 413. The average Bonchev–Trinajstić information content (AvgIpc) is 2.23. The summed E-state index contributed by atoms with van der Waals surface area (Å²) in [5.41, 5.74) is -2.00. The van der Waals surface area contributed by atoms with Gasteiger partial charge in [-0.2, -0.15) is 30.7 Å². The Labute approximate surface area is 107 Å². The van der Waals surface area contributed by atoms with Crippen LogP contribution in [0.3, 0.4) is 0 Å². The van der Waals surface area contributed by atoms with Crippen molar-refractivity contribution >= 4 is 0 Å². The quantitative estimate of drug-likeness (QED) is 0.435. The standard InChI is InChI=1S/C9H9F8NO2/c1-6(2,18(19)20)4-3-5(10)7(11,12)8(13,14)9(15,16)17/h3H,4H2,1-2H3. The Balaban J connectivity index is 5.38. The number of rotatable bonds is 5. The monoisotopic (exact) mass is 315 g/mol. The van der Waals surface area contributed by atoms with E-state index in [1.807, 2.05) is 0 Å². The summed E-state index contributed by atoms with van der Waals surface area (Å²) in [7, 11) is 0. The molecule has 0 saturated carbocycles. The maximum Gasteiger partial charge on any atom is 0.460 e. The van der Waals surface area contributed by atoms with E-state index in [1.165, 1.54) is 0 Å². The van der Waals surface area contributed by atoms with Crippen LogP contribution >= 0.6 is 0 Å². The molecule has 11 heteroatoms. The molecular formula is C9H9F8NO2. The second-order valence-electron chi connectivity index (χ2n) is 4.47. The van der Waals surface area contributed by atoms with Gasteiger partial charge in [-0.1, -0.05) is 0 Å². The number of hydrogen-bond acceptors (Lipinski definition) is 2. The van der Waals surface area contributed by atoms with E-state index in [9.17, 15) is 45.2 Å². The van der Waals surface area contributed by atoms with E-state index in [2.05, 4.69) is 0 Å². The van der Waals surface area contributed by atoms with Crippen molar-refractivity contribution in [1.29, 1.82) is 0 Å². The molecule has 0 aromatic heterocycles. The molecule has 0 amide bonds. The summed E-state index contributed by atoms with van der Waals surface area (Å²) >= 11 is 0. The minimum atomic E-state index is -6.67. The van der Waals surface area contributed by atoms with E-state index in [-0.39, 0.29) is 6.08 Å². The first-order valence-corrected chi connectivity index (χ1v) is 4.90. The van der Waals surface area contributed by atoms with Gasteiger partial charge >= 0.3 is 18.0 Å². The third-order valence-corrected chi connectivity index (χ3v) is 2.33. The molecule has 0 rings (SSSR count). The summed E-state index contributed by atoms with van der Waals surface area (Å²) in [5.74, 6) is -15.8. The first-order valence-electron chi connectivity index (χ1n) is 4.90. The topological polar surface area (TPSA) is 43.1 Å². The normalized spacial score (nSPS) is 15.4. The lowest BCUT2D eigenvalue weighted by Crippen LogP contribution is -2.52. The van der Waals surface area contributed by atoms with Gasteiger partial charge < -0.3 is 0 Å². The highest BCUT2D eigenvalue weighted by Crippen LogP contribution is 2.50. The Kier molecular flexibility index (Phi) is 4.80. The van der Waals surface area contributed by atoms with Gasteiger partial charge in [-0.3, -0.25) is 10.1 Å². The summed E-state index contributed by atoms with van der Waals surface area (Å²) < 4.78 is 98.7. The van der Waals surface area contributed by atoms with Crippen molar-refractivity contribution < 1.29 is 40.0 Å². The highest BCUT2D eigenvalue weighted by Gasteiger charge is 2.74. The van der Waals surface area contributed by atoms with Crippen molar-refractivity contribution in [1.82, 2.24) is 0 Å². The van der Waals surface area contributed by atoms with Crippen LogP contribution in [0.15, 0.2) is 11.9 Å². The van der Waals surface area contributed by atoms with Crippen LogP contribution in [0, 0.1) is 10.1 Å². The highest BCUT2D eigenvalue weighted by molar-refractivity contribution is 5.13. The zero-order valence-electron chi connectivity index (χ0n) is 10.1. The molecule has 0 spiro atoms. The van der Waals surface area contributed by atoms with E-state index in [1.54, 1.807) is 0 Å². The Morgan fingerprint density at radius 3 is 1.80 bits per heavy atom. The molecule has 3 nitrogen and oxygen atoms in total. The van der Waals surface area contributed by atoms with Gasteiger partial charge in [0.15, 0.2) is 5.83 Å². The summed E-state index contributed by atoms with van der Waals surface area (Å²) in [6.07, 6.45) is -8.10. The summed E-state index contributed by atoms with van der Waals surface area (Å²) in [6, 6.07) is 0. The summed E-state index contributed by atoms with van der Waals surface area (Å²) in [5, 5.41) is 10.4. The molecule has 0 atom stereocenters. The molecule has 0 heterocycles. The van der Waals surface area contributed by atoms with E-state index in [0.717, 1.165) is 13.8 Å². The molecular weight excluding hydrogens is 306 g/mol. The Hall–Kier alpha value is -1.42. The van der Waals surface area contributed by atoms with Gasteiger partial charge in [0, 0.05) is 25.2 Å². The fourth-order valence-corrected chi connectivity index (χ4v) is 0.870. The van der Waals surface area contributed by atoms with Crippen molar-refractivity contribution in [3.63, 3.8) is 0 Å². The smallest absolute Gasteiger partial charge is 0.264 e. The third-order valence-electron chi connectivity index (χ3n) is 2.33. The maximum absolute atomic E-state index is 12.9. The van der Waals surface area contributed by atoms with Crippen LogP contribution in [0.4, 0.5) is 35.1 Å². The van der Waals surface area contributed by atoms with Gasteiger partial charge in [0.1, 0.15) is 0 Å². The van der Waals surface area contributed by atoms with Gasteiger partial charge in [-0.15, -0.1) is 0 Å². The summed E-state index contributed by atoms with van der Waals surface area (Å²) in [4.78, 5) is 9.36. The number of halogens is 8. The molecule has 20 heavy (non-hydrogen) atoms. The van der Waals surface area contributed by atoms with Crippen molar-refractivity contribution in [2.75, 3.05) is 0 Å². The predicted molar refractivity (Wildman–Crippen MR) is 50.8 cm³/mol. The third kappa shape index (κ3) is 3.37. The molecule has 0 aromatic rings. The van der Waals surface area contributed by atoms with Gasteiger partial charge in [-0.05, 0) is 6.08 Å². The molecule has 0 aliphatic carbocycles. The van der Waals surface area contributed by atoms with E-state index < -0.39 is 40.7 Å². The molecule has 0 aliphatic heterocycles. The first kappa shape index (κ1) is 18.6. The fourth-order valence-electron chi connectivity index (χ4n) is 0.870. The molecule has 0 bridgehead atoms. The number of nitro groups is 1. The largest absolute Gasteiger partial charge is 0.460 e. The zero-order chi connectivity index (χ0) is 16.6. The minimum absolute atomic E-state index is 0.345. The maximum atomic E-state index is 12.9. The highest BCUT2D eigenvalue weighted by atomic mass is 19.4. The minimum Gasteiger partial charge on any atom is -0.264 e. The van der Waals surface area contributed by atoms with E-state index in [4.69, 9.17) is 0 Å².